The molecule has 1 aliphatic rings. The minimum atomic E-state index is 0.226. The molecule has 118 valence electrons. The Morgan fingerprint density at radius 1 is 1.19 bits per heavy atom. The van der Waals surface area contributed by atoms with Crippen LogP contribution < -0.4 is 9.80 Å². The predicted molar refractivity (Wildman–Crippen MR) is 85.3 cm³/mol. The van der Waals surface area contributed by atoms with Crippen LogP contribution in [-0.2, 0) is 4.74 Å². The van der Waals surface area contributed by atoms with Gasteiger partial charge in [-0.1, -0.05) is 0 Å². The Hall–Kier alpha value is -1.14. The van der Waals surface area contributed by atoms with Crippen LogP contribution in [0.1, 0.15) is 33.1 Å². The monoisotopic (exact) mass is 313 g/mol. The maximum absolute atomic E-state index is 6.05. The minimum Gasteiger partial charge on any atom is -0.377 e. The largest absolute Gasteiger partial charge is 0.377 e. The van der Waals surface area contributed by atoms with Crippen molar-refractivity contribution in [3.8, 4) is 0 Å². The highest BCUT2D eigenvalue weighted by Gasteiger charge is 2.17. The third kappa shape index (κ3) is 4.97. The molecule has 0 spiro atoms. The number of hydrogen-bond acceptors (Lipinski definition) is 6. The summed E-state index contributed by atoms with van der Waals surface area (Å²) >= 11 is 6.05. The van der Waals surface area contributed by atoms with Gasteiger partial charge in [0.15, 0.2) is 0 Å². The van der Waals surface area contributed by atoms with E-state index in [1.165, 1.54) is 19.3 Å². The average molecular weight is 314 g/mol. The first-order valence-corrected chi connectivity index (χ1v) is 7.93. The summed E-state index contributed by atoms with van der Waals surface area (Å²) in [6, 6.07) is 0. The van der Waals surface area contributed by atoms with Crippen LogP contribution in [0.5, 0.6) is 0 Å². The second-order valence-corrected chi connectivity index (χ2v) is 5.93. The molecule has 0 aromatic carbocycles. The summed E-state index contributed by atoms with van der Waals surface area (Å²) in [6.45, 7) is 7.37. The van der Waals surface area contributed by atoms with Gasteiger partial charge in [-0.05, 0) is 44.7 Å². The maximum Gasteiger partial charge on any atom is 0.231 e. The summed E-state index contributed by atoms with van der Waals surface area (Å²) in [5.41, 5.74) is 0. The van der Waals surface area contributed by atoms with Crippen molar-refractivity contribution in [3.63, 3.8) is 0 Å². The van der Waals surface area contributed by atoms with Crippen LogP contribution in [0.15, 0.2) is 0 Å². The molecule has 2 heterocycles. The number of ether oxygens (including phenoxy) is 1. The standard InChI is InChI=1S/C14H24ClN5O/c1-11(2)21-10-9-19(3)13-16-12(15)17-14(18-13)20-7-5-4-6-8-20/h11H,4-10H2,1-3H3. The number of piperidine rings is 1. The van der Waals surface area contributed by atoms with Crippen LogP contribution in [0.4, 0.5) is 11.9 Å². The van der Waals surface area contributed by atoms with Gasteiger partial charge in [-0.2, -0.15) is 15.0 Å². The molecule has 1 fully saturated rings. The summed E-state index contributed by atoms with van der Waals surface area (Å²) in [4.78, 5) is 17.1. The second kappa shape index (κ2) is 7.75. The summed E-state index contributed by atoms with van der Waals surface area (Å²) in [7, 11) is 1.94. The van der Waals surface area contributed by atoms with Gasteiger partial charge in [-0.25, -0.2) is 0 Å². The van der Waals surface area contributed by atoms with Crippen LogP contribution in [0.2, 0.25) is 5.28 Å². The molecule has 0 atom stereocenters. The predicted octanol–water partition coefficient (Wildman–Crippen LogP) is 2.38. The van der Waals surface area contributed by atoms with E-state index in [1.54, 1.807) is 0 Å². The molecule has 2 rings (SSSR count). The normalized spacial score (nSPS) is 15.6. The van der Waals surface area contributed by atoms with Crippen LogP contribution >= 0.6 is 11.6 Å². The summed E-state index contributed by atoms with van der Waals surface area (Å²) in [6.07, 6.45) is 3.85. The zero-order valence-corrected chi connectivity index (χ0v) is 13.8. The molecule has 6 nitrogen and oxygen atoms in total. The van der Waals surface area contributed by atoms with E-state index in [2.05, 4.69) is 19.9 Å². The molecule has 7 heteroatoms. The number of halogens is 1. The maximum atomic E-state index is 6.05. The minimum absolute atomic E-state index is 0.226. The van der Waals surface area contributed by atoms with Gasteiger partial charge in [0.25, 0.3) is 0 Å². The average Bonchev–Trinajstić information content (AvgIpc) is 2.47. The zero-order chi connectivity index (χ0) is 15.2. The van der Waals surface area contributed by atoms with Crippen molar-refractivity contribution in [2.75, 3.05) is 43.1 Å². The number of hydrogen-bond donors (Lipinski definition) is 0. The van der Waals surface area contributed by atoms with E-state index in [-0.39, 0.29) is 11.4 Å². The number of aromatic nitrogens is 3. The molecular formula is C14H24ClN5O. The van der Waals surface area contributed by atoms with Crippen molar-refractivity contribution in [2.45, 2.75) is 39.2 Å². The first kappa shape index (κ1) is 16.2. The van der Waals surface area contributed by atoms with Gasteiger partial charge >= 0.3 is 0 Å². The third-order valence-electron chi connectivity index (χ3n) is 3.44. The first-order chi connectivity index (χ1) is 10.1. The van der Waals surface area contributed by atoms with Gasteiger partial charge in [-0.15, -0.1) is 0 Å². The zero-order valence-electron chi connectivity index (χ0n) is 13.0. The van der Waals surface area contributed by atoms with Gasteiger partial charge in [0.2, 0.25) is 17.2 Å². The quantitative estimate of drug-likeness (QED) is 0.803. The van der Waals surface area contributed by atoms with Gasteiger partial charge in [0.05, 0.1) is 12.7 Å². The molecule has 1 saturated heterocycles. The number of anilines is 2. The van der Waals surface area contributed by atoms with E-state index in [0.29, 0.717) is 18.5 Å². The Labute approximate surface area is 131 Å². The van der Waals surface area contributed by atoms with Gasteiger partial charge in [-0.3, -0.25) is 0 Å². The Balaban J connectivity index is 2.03. The fraction of sp³-hybridized carbons (Fsp3) is 0.786. The second-order valence-electron chi connectivity index (χ2n) is 5.59. The Morgan fingerprint density at radius 3 is 2.57 bits per heavy atom. The molecule has 0 amide bonds. The molecule has 1 aromatic rings. The van der Waals surface area contributed by atoms with Crippen LogP contribution in [0.25, 0.3) is 0 Å². The van der Waals surface area contributed by atoms with Crippen LogP contribution in [-0.4, -0.2) is 54.3 Å². The molecule has 0 aliphatic carbocycles. The first-order valence-electron chi connectivity index (χ1n) is 7.55. The molecule has 1 aromatic heterocycles. The van der Waals surface area contributed by atoms with Crippen molar-refractivity contribution >= 4 is 23.5 Å². The highest BCUT2D eigenvalue weighted by atomic mass is 35.5. The smallest absolute Gasteiger partial charge is 0.231 e. The molecule has 0 saturated carbocycles. The molecule has 0 radical (unpaired) electrons. The lowest BCUT2D eigenvalue weighted by molar-refractivity contribution is 0.0844. The van der Waals surface area contributed by atoms with E-state index < -0.39 is 0 Å². The Bertz CT molecular complexity index is 451. The molecule has 21 heavy (non-hydrogen) atoms. The number of rotatable bonds is 6. The van der Waals surface area contributed by atoms with Crippen molar-refractivity contribution in [3.05, 3.63) is 5.28 Å². The van der Waals surface area contributed by atoms with Crippen LogP contribution in [0.3, 0.4) is 0 Å². The Kier molecular flexibility index (Phi) is 5.99. The molecule has 0 unspecified atom stereocenters. The van der Waals surface area contributed by atoms with Gasteiger partial charge in [0.1, 0.15) is 0 Å². The molecule has 0 bridgehead atoms. The lowest BCUT2D eigenvalue weighted by Crippen LogP contribution is -2.32. The third-order valence-corrected chi connectivity index (χ3v) is 3.61. The number of likely N-dealkylation sites (N-methyl/N-ethyl adjacent to an activating group) is 1. The SMILES string of the molecule is CC(C)OCCN(C)c1nc(Cl)nc(N2CCCCC2)n1. The van der Waals surface area contributed by atoms with Crippen molar-refractivity contribution in [1.82, 2.24) is 15.0 Å². The van der Waals surface area contributed by atoms with E-state index >= 15 is 0 Å². The van der Waals surface area contributed by atoms with E-state index in [9.17, 15) is 0 Å². The number of nitrogens with zero attached hydrogens (tertiary/aromatic N) is 5. The fourth-order valence-corrected chi connectivity index (χ4v) is 2.41. The van der Waals surface area contributed by atoms with Crippen molar-refractivity contribution in [1.29, 1.82) is 0 Å². The molecule has 0 N–H and O–H groups in total. The van der Waals surface area contributed by atoms with Crippen molar-refractivity contribution < 1.29 is 4.74 Å². The Morgan fingerprint density at radius 2 is 1.90 bits per heavy atom. The van der Waals surface area contributed by atoms with Crippen molar-refractivity contribution in [2.24, 2.45) is 0 Å². The summed E-state index contributed by atoms with van der Waals surface area (Å²) < 4.78 is 5.55. The highest BCUT2D eigenvalue weighted by Crippen LogP contribution is 2.19. The highest BCUT2D eigenvalue weighted by molar-refractivity contribution is 6.28. The molecule has 1 aliphatic heterocycles. The van der Waals surface area contributed by atoms with E-state index in [1.807, 2.05) is 25.8 Å². The summed E-state index contributed by atoms with van der Waals surface area (Å²) in [5, 5.41) is 0.247. The van der Waals surface area contributed by atoms with Gasteiger partial charge < -0.3 is 14.5 Å². The molecular weight excluding hydrogens is 290 g/mol. The van der Waals surface area contributed by atoms with E-state index in [0.717, 1.165) is 19.6 Å². The van der Waals surface area contributed by atoms with E-state index in [4.69, 9.17) is 16.3 Å². The van der Waals surface area contributed by atoms with Crippen LogP contribution in [0, 0.1) is 0 Å². The fourth-order valence-electron chi connectivity index (χ4n) is 2.26. The topological polar surface area (TPSA) is 54.4 Å². The summed E-state index contributed by atoms with van der Waals surface area (Å²) in [5.74, 6) is 1.28. The van der Waals surface area contributed by atoms with Gasteiger partial charge in [0, 0.05) is 26.7 Å². The lowest BCUT2D eigenvalue weighted by Gasteiger charge is -2.27. The lowest BCUT2D eigenvalue weighted by atomic mass is 10.1.